The van der Waals surface area contributed by atoms with Gasteiger partial charge in [0.25, 0.3) is 5.91 Å². The van der Waals surface area contributed by atoms with Crippen molar-refractivity contribution in [2.24, 2.45) is 11.3 Å². The van der Waals surface area contributed by atoms with E-state index in [0.717, 1.165) is 42.8 Å². The predicted octanol–water partition coefficient (Wildman–Crippen LogP) is 6.34. The number of carbonyl (C=O) groups is 2. The Labute approximate surface area is 269 Å². The molecule has 14 heteroatoms. The lowest BCUT2D eigenvalue weighted by Crippen LogP contribution is -2.36. The number of nitrogens with zero attached hydrogens (tertiary/aromatic N) is 5. The van der Waals surface area contributed by atoms with E-state index < -0.39 is 23.6 Å². The number of hydrogen-bond donors (Lipinski definition) is 2. The normalized spacial score (nSPS) is 20.1. The van der Waals surface area contributed by atoms with Gasteiger partial charge in [-0.15, -0.1) is 0 Å². The summed E-state index contributed by atoms with van der Waals surface area (Å²) in [6, 6.07) is 3.99. The van der Waals surface area contributed by atoms with Gasteiger partial charge in [0.05, 0.1) is 36.7 Å². The third-order valence-corrected chi connectivity index (χ3v) is 10.7. The molecular weight excluding hydrogens is 621 g/mol. The van der Waals surface area contributed by atoms with Crippen molar-refractivity contribution in [2.75, 3.05) is 37.0 Å². The van der Waals surface area contributed by atoms with Crippen LogP contribution >= 0.6 is 11.3 Å². The first-order valence-electron chi connectivity index (χ1n) is 15.6. The second-order valence-electron chi connectivity index (χ2n) is 12.4. The van der Waals surface area contributed by atoms with Crippen molar-refractivity contribution in [3.05, 3.63) is 46.7 Å². The molecule has 246 valence electrons. The Morgan fingerprint density at radius 2 is 1.87 bits per heavy atom. The number of halogens is 3. The number of carboxylic acid groups (broad SMARTS) is 1. The van der Waals surface area contributed by atoms with Gasteiger partial charge in [-0.3, -0.25) is 19.8 Å². The zero-order chi connectivity index (χ0) is 32.6. The SMILES string of the molecule is CCC1(C2CCCN2Cc2sc(NC(=O)c3cnc(N4CCC(C(=O)O)CC4)cn3)nc2-c2cc(OC)cc(C(F)(F)F)c2)CC1. The van der Waals surface area contributed by atoms with Crippen LogP contribution in [-0.4, -0.2) is 69.6 Å². The van der Waals surface area contributed by atoms with Crippen LogP contribution in [0, 0.1) is 11.3 Å². The highest BCUT2D eigenvalue weighted by Gasteiger charge is 2.51. The first-order valence-corrected chi connectivity index (χ1v) is 16.4. The third kappa shape index (κ3) is 6.68. The summed E-state index contributed by atoms with van der Waals surface area (Å²) in [5, 5.41) is 12.3. The molecule has 10 nitrogen and oxygen atoms in total. The average molecular weight is 659 g/mol. The predicted molar refractivity (Wildman–Crippen MR) is 167 cm³/mol. The Kier molecular flexibility index (Phi) is 8.94. The summed E-state index contributed by atoms with van der Waals surface area (Å²) in [6.07, 6.45) is 4.90. The zero-order valence-corrected chi connectivity index (χ0v) is 26.6. The maximum Gasteiger partial charge on any atom is 0.416 e. The highest BCUT2D eigenvalue weighted by atomic mass is 32.1. The molecule has 1 aromatic carbocycles. The molecule has 46 heavy (non-hydrogen) atoms. The molecular formula is C32H37F3N6O4S. The van der Waals surface area contributed by atoms with Crippen LogP contribution in [0.5, 0.6) is 5.75 Å². The van der Waals surface area contributed by atoms with Crippen LogP contribution in [0.1, 0.15) is 72.8 Å². The minimum absolute atomic E-state index is 0.0569. The van der Waals surface area contributed by atoms with Crippen molar-refractivity contribution >= 4 is 34.2 Å². The Morgan fingerprint density at radius 3 is 2.48 bits per heavy atom. The molecule has 3 aromatic rings. The van der Waals surface area contributed by atoms with Crippen LogP contribution in [0.15, 0.2) is 30.6 Å². The summed E-state index contributed by atoms with van der Waals surface area (Å²) in [5.74, 6) is -1.10. The van der Waals surface area contributed by atoms with Crippen LogP contribution < -0.4 is 15.0 Å². The smallest absolute Gasteiger partial charge is 0.416 e. The molecule has 3 aliphatic rings. The Hall–Kier alpha value is -3.78. The van der Waals surface area contributed by atoms with E-state index in [9.17, 15) is 27.9 Å². The number of thiazole rings is 1. The molecule has 1 atom stereocenters. The molecule has 2 saturated heterocycles. The number of nitrogens with one attached hydrogen (secondary N) is 1. The highest BCUT2D eigenvalue weighted by Crippen LogP contribution is 2.56. The number of rotatable bonds is 10. The third-order valence-electron chi connectivity index (χ3n) is 9.71. The number of anilines is 2. The van der Waals surface area contributed by atoms with Gasteiger partial charge in [0, 0.05) is 36.1 Å². The minimum Gasteiger partial charge on any atom is -0.497 e. The fraction of sp³-hybridized carbons (Fsp3) is 0.531. The van der Waals surface area contributed by atoms with Gasteiger partial charge in [-0.2, -0.15) is 13.2 Å². The number of piperidine rings is 1. The molecule has 4 heterocycles. The fourth-order valence-corrected chi connectivity index (χ4v) is 7.85. The van der Waals surface area contributed by atoms with E-state index in [1.165, 1.54) is 43.7 Å². The number of amides is 1. The standard InChI is InChI=1S/C32H37F3N6O4S/c1-3-31(8-9-31)25-5-4-10-41(25)18-24-27(20-13-21(32(33,34)35)15-22(14-20)45-2)38-30(46-24)39-28(42)23-16-37-26(17-36-23)40-11-6-19(7-12-40)29(43)44/h13-17,19,25H,3-12,18H2,1-2H3,(H,43,44)(H,38,39,42). The van der Waals surface area contributed by atoms with Crippen LogP contribution in [0.4, 0.5) is 24.1 Å². The Morgan fingerprint density at radius 1 is 1.11 bits per heavy atom. The van der Waals surface area contributed by atoms with Crippen LogP contribution in [0.2, 0.25) is 0 Å². The van der Waals surface area contributed by atoms with E-state index in [1.807, 2.05) is 4.90 Å². The molecule has 3 fully saturated rings. The molecule has 1 saturated carbocycles. The molecule has 2 N–H and O–H groups in total. The van der Waals surface area contributed by atoms with Crippen molar-refractivity contribution in [1.29, 1.82) is 0 Å². The number of benzene rings is 1. The number of hydrogen-bond acceptors (Lipinski definition) is 9. The maximum absolute atomic E-state index is 13.8. The Balaban J connectivity index is 1.25. The van der Waals surface area contributed by atoms with Gasteiger partial charge in [0.15, 0.2) is 5.13 Å². The van der Waals surface area contributed by atoms with Gasteiger partial charge in [0.2, 0.25) is 0 Å². The second kappa shape index (κ2) is 12.8. The number of alkyl halides is 3. The number of carbonyl (C=O) groups excluding carboxylic acids is 1. The number of methoxy groups -OCH3 is 1. The summed E-state index contributed by atoms with van der Waals surface area (Å²) < 4.78 is 46.7. The summed E-state index contributed by atoms with van der Waals surface area (Å²) in [4.78, 5) is 42.9. The lowest BCUT2D eigenvalue weighted by molar-refractivity contribution is -0.142. The van der Waals surface area contributed by atoms with Gasteiger partial charge in [-0.25, -0.2) is 15.0 Å². The molecule has 1 aliphatic carbocycles. The minimum atomic E-state index is -4.58. The summed E-state index contributed by atoms with van der Waals surface area (Å²) in [6.45, 7) is 4.69. The molecule has 2 aliphatic heterocycles. The number of aromatic nitrogens is 3. The van der Waals surface area contributed by atoms with Crippen molar-refractivity contribution < 1.29 is 32.6 Å². The van der Waals surface area contributed by atoms with E-state index >= 15 is 0 Å². The number of ether oxygens (including phenoxy) is 1. The van der Waals surface area contributed by atoms with Gasteiger partial charge in [-0.1, -0.05) is 18.3 Å². The van der Waals surface area contributed by atoms with Crippen molar-refractivity contribution in [3.63, 3.8) is 0 Å². The van der Waals surface area contributed by atoms with Crippen molar-refractivity contribution in [1.82, 2.24) is 19.9 Å². The summed E-state index contributed by atoms with van der Waals surface area (Å²) >= 11 is 1.25. The summed E-state index contributed by atoms with van der Waals surface area (Å²) in [7, 11) is 1.33. The Bertz CT molecular complexity index is 1590. The molecule has 1 amide bonds. The first kappa shape index (κ1) is 32.2. The van der Waals surface area contributed by atoms with Crippen molar-refractivity contribution in [2.45, 2.75) is 70.6 Å². The van der Waals surface area contributed by atoms with E-state index in [0.29, 0.717) is 55.4 Å². The molecule has 0 radical (unpaired) electrons. The number of carboxylic acids is 1. The van der Waals surface area contributed by atoms with Crippen molar-refractivity contribution in [3.8, 4) is 17.0 Å². The van der Waals surface area contributed by atoms with E-state index in [4.69, 9.17) is 4.74 Å². The van der Waals surface area contributed by atoms with E-state index in [1.54, 1.807) is 6.07 Å². The van der Waals surface area contributed by atoms with E-state index in [-0.39, 0.29) is 28.1 Å². The average Bonchev–Trinajstić information content (AvgIpc) is 3.53. The lowest BCUT2D eigenvalue weighted by atomic mass is 9.91. The maximum atomic E-state index is 13.8. The molecule has 2 aromatic heterocycles. The molecule has 1 unspecified atom stereocenters. The largest absolute Gasteiger partial charge is 0.497 e. The van der Waals surface area contributed by atoms with Crippen LogP contribution in [0.25, 0.3) is 11.3 Å². The molecule has 0 spiro atoms. The second-order valence-corrected chi connectivity index (χ2v) is 13.5. The van der Waals surface area contributed by atoms with Gasteiger partial charge >= 0.3 is 12.1 Å². The number of likely N-dealkylation sites (tertiary alicyclic amines) is 1. The summed E-state index contributed by atoms with van der Waals surface area (Å²) in [5.41, 5.74) is 0.163. The van der Waals surface area contributed by atoms with Gasteiger partial charge in [0.1, 0.15) is 17.3 Å². The quantitative estimate of drug-likeness (QED) is 0.257. The lowest BCUT2D eigenvalue weighted by Gasteiger charge is -2.31. The van der Waals surface area contributed by atoms with Gasteiger partial charge < -0.3 is 14.7 Å². The fourth-order valence-electron chi connectivity index (χ4n) is 6.85. The first-order chi connectivity index (χ1) is 22.0. The van der Waals surface area contributed by atoms with Crippen LogP contribution in [0.3, 0.4) is 0 Å². The molecule has 6 rings (SSSR count). The van der Waals surface area contributed by atoms with E-state index in [2.05, 4.69) is 32.1 Å². The van der Waals surface area contributed by atoms with Crippen LogP contribution in [-0.2, 0) is 17.5 Å². The number of aliphatic carboxylic acids is 1. The topological polar surface area (TPSA) is 121 Å². The zero-order valence-electron chi connectivity index (χ0n) is 25.8. The molecule has 0 bridgehead atoms. The highest BCUT2D eigenvalue weighted by molar-refractivity contribution is 7.16. The van der Waals surface area contributed by atoms with Gasteiger partial charge in [-0.05, 0) is 75.1 Å². The monoisotopic (exact) mass is 658 g/mol.